The minimum atomic E-state index is -2.78. The molecule has 0 spiro atoms. The fourth-order valence-electron chi connectivity index (χ4n) is 19.2. The van der Waals surface area contributed by atoms with E-state index in [1.165, 1.54) is 13.8 Å². The number of carbonyl (C=O) groups excluding carboxylic acids is 5. The van der Waals surface area contributed by atoms with Crippen molar-refractivity contribution in [1.29, 1.82) is 0 Å². The molecule has 0 aliphatic carbocycles. The average Bonchev–Trinajstić information content (AvgIpc) is 0.753. The van der Waals surface area contributed by atoms with Crippen LogP contribution in [0.5, 0.6) is 0 Å². The van der Waals surface area contributed by atoms with Crippen LogP contribution in [-0.2, 0) is 133 Å². The molecule has 12 heterocycles. The van der Waals surface area contributed by atoms with Crippen molar-refractivity contribution in [2.45, 2.75) is 417 Å². The second-order valence-corrected chi connectivity index (χ2v) is 37.3. The Hall–Kier alpha value is -4.81. The summed E-state index contributed by atoms with van der Waals surface area (Å²) in [6.07, 6.45) is -119. The first kappa shape index (κ1) is 120. The molecular weight excluding hydrogens is 2000 g/mol. The number of aliphatic hydroxyl groups is 31. The maximum absolute atomic E-state index is 13.7. The number of hydrogen-bond acceptors (Lipinski definition) is 59. The minimum absolute atomic E-state index is 0.834. The highest BCUT2D eigenvalue weighted by Gasteiger charge is 2.64. The van der Waals surface area contributed by atoms with Gasteiger partial charge in [0.05, 0.1) is 78.3 Å². The predicted octanol–water partition coefficient (Wildman–Crippen LogP) is -24.4. The predicted molar refractivity (Wildman–Crippen MR) is 450 cm³/mol. The van der Waals surface area contributed by atoms with Crippen LogP contribution in [0.1, 0.15) is 48.5 Å². The molecule has 12 aliphatic heterocycles. The Labute approximate surface area is 827 Å². The van der Waals surface area contributed by atoms with E-state index in [0.29, 0.717) is 0 Å². The zero-order valence-corrected chi connectivity index (χ0v) is 79.0. The Balaban J connectivity index is 0.939. The van der Waals surface area contributed by atoms with Crippen LogP contribution in [0.15, 0.2) is 0 Å². The lowest BCUT2D eigenvalue weighted by molar-refractivity contribution is -0.409. The Morgan fingerprint density at radius 1 is 0.192 bits per heavy atom. The normalized spacial score (nSPS) is 49.8. The fourth-order valence-corrected chi connectivity index (χ4v) is 19.2. The van der Waals surface area contributed by atoms with Crippen molar-refractivity contribution in [3.63, 3.8) is 0 Å². The summed E-state index contributed by atoms with van der Waals surface area (Å²) in [4.78, 5) is 65.5. The fraction of sp³-hybridized carbons (Fsp3) is 0.939. The molecule has 12 aliphatic rings. The van der Waals surface area contributed by atoms with E-state index < -0.39 is 464 Å². The van der Waals surface area contributed by atoms with Gasteiger partial charge in [0, 0.05) is 34.6 Å². The van der Waals surface area contributed by atoms with Crippen molar-refractivity contribution in [1.82, 2.24) is 26.6 Å². The van der Waals surface area contributed by atoms with Gasteiger partial charge in [-0.3, -0.25) is 24.0 Å². The van der Waals surface area contributed by atoms with Crippen LogP contribution in [0.25, 0.3) is 0 Å². The topological polar surface area (TPSA) is 985 Å². The third kappa shape index (κ3) is 26.3. The molecule has 0 aromatic rings. The van der Waals surface area contributed by atoms with Crippen LogP contribution in [0, 0.1) is 0 Å². The molecule has 0 aromatic heterocycles. The van der Waals surface area contributed by atoms with Crippen LogP contribution in [-0.4, -0.2) is 622 Å². The zero-order chi connectivity index (χ0) is 107. The number of aliphatic hydroxyl groups excluding tert-OH is 31. The van der Waals surface area contributed by atoms with E-state index in [0.717, 1.165) is 34.6 Å². The van der Waals surface area contributed by atoms with Gasteiger partial charge in [0.2, 0.25) is 29.5 Å². The summed E-state index contributed by atoms with van der Waals surface area (Å²) in [6.45, 7) is -5.19. The number of rotatable bonds is 37. The standard InChI is InChI=1S/C82H137N5O59/c1-18-40(102)52(114)57(119)76(125-18)145-68-55(117)44(106)27(10-90)130-80(68)140-63-31(14-94)133-74(38(50(63)112)86-23(6)100)138-65-33(16-96)135-82(70(59(65)121)144-75-39(87-24(7)101)51(113)64(32(15-95)134-75)141-81-69(56(118)45(107)28(11-91)131-81)146-77-58(120)53(115)41(103)19(2)126-77)142-66-46(108)34(17-124-79-67(54(116)43(105)26(9-89)129-79)143-72-36(84-21(4)98)47(109)42(104)25(8-88)128-72)136-78(60(66)122)139-62-30(13-93)132-73(37(49(62)111)85-22(5)99)137-61-29(12-92)127-71(123)35(48(61)110)83-20(3)97/h18-19,25-82,88-96,102-123H,8-17H2,1-7H3,(H,83,97)(H,84,98)(H,85,99)(H,86,100)(H,87,101)/t18-,19-,25+,26+,27+,28+,29+,30+,31+,32+,33+,34+,35+,36+,37+,38+,39+,40+,41+,42+,43+,44-,45-,46+,47+,48+,49+,50+,51+,52+,53+,54-,55-,56-,57-,58-,59-,60-,61+,62+,63+,64+,65+,66-,67-,68+,69+,70-,71+,72-,73-,74-,75-,76-,77-,78-,79-,80-,81-,82+/m0/s1. The highest BCUT2D eigenvalue weighted by molar-refractivity contribution is 5.75. The van der Waals surface area contributed by atoms with Gasteiger partial charge in [-0.1, -0.05) is 0 Å². The third-order valence-electron chi connectivity index (χ3n) is 27.0. The maximum Gasteiger partial charge on any atom is 0.217 e. The van der Waals surface area contributed by atoms with Gasteiger partial charge in [-0.25, -0.2) is 0 Å². The maximum atomic E-state index is 13.7. The molecule has 0 saturated carbocycles. The van der Waals surface area contributed by atoms with Crippen molar-refractivity contribution >= 4 is 29.5 Å². The molecular formula is C82H137N5O59. The molecule has 60 atom stereocenters. The van der Waals surface area contributed by atoms with Gasteiger partial charge in [-0.05, 0) is 13.8 Å². The van der Waals surface area contributed by atoms with Crippen molar-refractivity contribution in [2.75, 3.05) is 66.1 Å². The van der Waals surface area contributed by atoms with Crippen molar-refractivity contribution < 1.29 is 291 Å². The molecule has 12 saturated heterocycles. The molecule has 12 rings (SSSR count). The summed E-state index contributed by atoms with van der Waals surface area (Å²) in [6, 6.07) is -9.99. The smallest absolute Gasteiger partial charge is 0.217 e. The second kappa shape index (κ2) is 52.2. The summed E-state index contributed by atoms with van der Waals surface area (Å²) < 4.78 is 139. The lowest BCUT2D eigenvalue weighted by atomic mass is 9.93. The number of ether oxygens (including phenoxy) is 23. The third-order valence-corrected chi connectivity index (χ3v) is 27.0. The van der Waals surface area contributed by atoms with Crippen LogP contribution < -0.4 is 26.6 Å². The van der Waals surface area contributed by atoms with E-state index in [1.807, 2.05) is 0 Å². The summed E-state index contributed by atoms with van der Waals surface area (Å²) in [7, 11) is 0. The van der Waals surface area contributed by atoms with Gasteiger partial charge in [0.25, 0.3) is 0 Å². The molecule has 12 fully saturated rings. The van der Waals surface area contributed by atoms with Gasteiger partial charge in [0.15, 0.2) is 75.5 Å². The summed E-state index contributed by atoms with van der Waals surface area (Å²) >= 11 is 0. The molecule has 5 amide bonds. The zero-order valence-electron chi connectivity index (χ0n) is 79.0. The lowest BCUT2D eigenvalue weighted by Crippen LogP contribution is -2.72. The van der Waals surface area contributed by atoms with E-state index in [9.17, 15) is 182 Å². The molecule has 64 nitrogen and oxygen atoms in total. The first-order valence-electron chi connectivity index (χ1n) is 46.9. The quantitative estimate of drug-likeness (QED) is 0.0275. The summed E-state index contributed by atoms with van der Waals surface area (Å²) in [5.74, 6) is -4.94. The van der Waals surface area contributed by atoms with Gasteiger partial charge in [-0.15, -0.1) is 0 Å². The van der Waals surface area contributed by atoms with Gasteiger partial charge < -0.3 is 294 Å². The molecule has 0 aromatic carbocycles. The van der Waals surface area contributed by atoms with E-state index in [2.05, 4.69) is 26.6 Å². The number of hydrogen-bond donors (Lipinski definition) is 36. The lowest BCUT2D eigenvalue weighted by Gasteiger charge is -2.52. The Morgan fingerprint density at radius 2 is 0.418 bits per heavy atom. The monoisotopic (exact) mass is 2140 g/mol. The first-order chi connectivity index (χ1) is 69.0. The molecule has 146 heavy (non-hydrogen) atoms. The molecule has 0 unspecified atom stereocenters. The number of amides is 5. The van der Waals surface area contributed by atoms with Gasteiger partial charge in [-0.2, -0.15) is 0 Å². The van der Waals surface area contributed by atoms with E-state index in [1.54, 1.807) is 0 Å². The minimum Gasteiger partial charge on any atom is -0.394 e. The summed E-state index contributed by atoms with van der Waals surface area (Å²) in [5, 5.41) is 365. The van der Waals surface area contributed by atoms with Crippen molar-refractivity contribution in [3.05, 3.63) is 0 Å². The Kier molecular flexibility index (Phi) is 42.8. The van der Waals surface area contributed by atoms with Crippen LogP contribution in [0.4, 0.5) is 0 Å². The Bertz CT molecular complexity index is 4090. The molecule has 0 bridgehead atoms. The first-order valence-corrected chi connectivity index (χ1v) is 46.9. The molecule has 844 valence electrons. The Morgan fingerprint density at radius 3 is 0.760 bits per heavy atom. The van der Waals surface area contributed by atoms with Gasteiger partial charge >= 0.3 is 0 Å². The number of carbonyl (C=O) groups is 5. The summed E-state index contributed by atoms with van der Waals surface area (Å²) in [5.41, 5.74) is 0. The molecule has 36 N–H and O–H groups in total. The molecule has 64 heteroatoms. The van der Waals surface area contributed by atoms with E-state index in [4.69, 9.17) is 109 Å². The van der Waals surface area contributed by atoms with Crippen LogP contribution in [0.3, 0.4) is 0 Å². The van der Waals surface area contributed by atoms with Crippen molar-refractivity contribution in [3.8, 4) is 0 Å². The highest BCUT2D eigenvalue weighted by atomic mass is 16.8. The average molecular weight is 2140 g/mol. The van der Waals surface area contributed by atoms with Crippen LogP contribution >= 0.6 is 0 Å². The van der Waals surface area contributed by atoms with E-state index in [-0.39, 0.29) is 0 Å². The highest BCUT2D eigenvalue weighted by Crippen LogP contribution is 2.44. The van der Waals surface area contributed by atoms with Gasteiger partial charge in [0.1, 0.15) is 280 Å². The molecule has 0 radical (unpaired) electrons. The van der Waals surface area contributed by atoms with Crippen LogP contribution in [0.2, 0.25) is 0 Å². The second-order valence-electron chi connectivity index (χ2n) is 37.3. The SMILES string of the molecule is CC(=O)N[C@@H]1[C@@H](O)[C@H](O[C@@H]2O[C@H](CO)[C@@H](O[C@@H]3O[C@H](CO[C@H]4O[C@H](CO)[C@@H](O)[C@H](O)[C@@H]4O[C@@H]4O[C@H](CO)[C@@H](O)[C@H](O)[C@H]4NC(C)=O)[C@@H](O)[C@H](O[C@H]4O[C@H](CO)[C@@H](O[C@@H]5O[C@H](CO)[C@@H](O[C@@H]6O[C@H](CO)[C@H](O)[C@H](O)[C@H]6O[C@@H]6O[C@@H](C)[C@@H](O)[C@@H](O)[C@@H]6O)[C@H](O)[C@H]5NC(C)=O)[C@H](O)[C@@H]4O[C@@H]4O[C@H](CO)[C@@H](O[C@@H]5O[C@H](CO)[C@H](O)[C@H](O)[C@H]5O[C@@H]5O[C@@H](C)[C@@H](O)[C@@H](O)[C@@H]5O)[C@H](O)[C@H]4NC(C)=O)[C@@H]3O)[C@H](O)[C@H]2NC(C)=O)[C@@H](CO)O[C@H]1O. The van der Waals surface area contributed by atoms with E-state index >= 15 is 0 Å². The van der Waals surface area contributed by atoms with Crippen molar-refractivity contribution in [2.24, 2.45) is 0 Å². The largest absolute Gasteiger partial charge is 0.394 e. The number of nitrogens with one attached hydrogen (secondary N) is 5.